The predicted octanol–water partition coefficient (Wildman–Crippen LogP) is 1.97. The highest BCUT2D eigenvalue weighted by Crippen LogP contribution is 2.34. The Hall–Kier alpha value is -0.910. The first kappa shape index (κ1) is 14.5. The first-order chi connectivity index (χ1) is 9.20. The largest absolute Gasteiger partial charge is 0.454 e. The van der Waals surface area contributed by atoms with Crippen LogP contribution in [0.5, 0.6) is 11.5 Å². The van der Waals surface area contributed by atoms with Crippen molar-refractivity contribution in [2.45, 2.75) is 6.04 Å². The second kappa shape index (κ2) is 7.03. The lowest BCUT2D eigenvalue weighted by atomic mass is 10.1. The van der Waals surface area contributed by atoms with Gasteiger partial charge in [-0.2, -0.15) is 11.8 Å². The highest BCUT2D eigenvalue weighted by Gasteiger charge is 2.17. The third kappa shape index (κ3) is 4.03. The average Bonchev–Trinajstić information content (AvgIpc) is 2.85. The monoisotopic (exact) mass is 282 g/mol. The average molecular weight is 282 g/mol. The van der Waals surface area contributed by atoms with Crippen LogP contribution in [0.15, 0.2) is 18.2 Å². The van der Waals surface area contributed by atoms with E-state index in [0.29, 0.717) is 12.8 Å². The molecule has 0 aromatic heterocycles. The van der Waals surface area contributed by atoms with Crippen molar-refractivity contribution < 1.29 is 9.47 Å². The molecule has 1 aliphatic heterocycles. The van der Waals surface area contributed by atoms with Gasteiger partial charge in [0.1, 0.15) is 0 Å². The highest BCUT2D eigenvalue weighted by molar-refractivity contribution is 7.99. The van der Waals surface area contributed by atoms with Crippen molar-refractivity contribution >= 4 is 11.8 Å². The third-order valence-corrected chi connectivity index (χ3v) is 4.16. The van der Waals surface area contributed by atoms with Crippen molar-refractivity contribution in [3.8, 4) is 11.5 Å². The fraction of sp³-hybridized carbons (Fsp3) is 0.571. The quantitative estimate of drug-likeness (QED) is 0.773. The molecule has 5 heteroatoms. The Balaban J connectivity index is 1.90. The predicted molar refractivity (Wildman–Crippen MR) is 80.2 cm³/mol. The van der Waals surface area contributed by atoms with Crippen LogP contribution in [-0.2, 0) is 0 Å². The SMILES string of the molecule is CNC(CSCCN(C)C)c1ccc2c(c1)OCO2. The summed E-state index contributed by atoms with van der Waals surface area (Å²) in [5.41, 5.74) is 1.25. The number of ether oxygens (including phenoxy) is 2. The second-order valence-electron chi connectivity index (χ2n) is 4.83. The second-order valence-corrected chi connectivity index (χ2v) is 5.98. The standard InChI is InChI=1S/C14H22N2O2S/c1-15-12(9-19-7-6-16(2)3)11-4-5-13-14(8-11)18-10-17-13/h4-5,8,12,15H,6-7,9-10H2,1-3H3. The smallest absolute Gasteiger partial charge is 0.231 e. The molecule has 0 saturated heterocycles. The van der Waals surface area contributed by atoms with Gasteiger partial charge in [0, 0.05) is 24.1 Å². The number of fused-ring (bicyclic) bond motifs is 1. The van der Waals surface area contributed by atoms with Gasteiger partial charge in [0.05, 0.1) is 0 Å². The van der Waals surface area contributed by atoms with Crippen LogP contribution in [0.25, 0.3) is 0 Å². The molecule has 0 spiro atoms. The van der Waals surface area contributed by atoms with E-state index >= 15 is 0 Å². The summed E-state index contributed by atoms with van der Waals surface area (Å²) >= 11 is 1.97. The molecule has 1 heterocycles. The van der Waals surface area contributed by atoms with Crippen LogP contribution in [-0.4, -0.2) is 50.9 Å². The summed E-state index contributed by atoms with van der Waals surface area (Å²) in [5, 5.41) is 3.37. The Morgan fingerprint density at radius 2 is 2.11 bits per heavy atom. The van der Waals surface area contributed by atoms with Gasteiger partial charge >= 0.3 is 0 Å². The fourth-order valence-electron chi connectivity index (χ4n) is 1.92. The molecule has 0 fully saturated rings. The number of nitrogens with one attached hydrogen (secondary N) is 1. The van der Waals surface area contributed by atoms with Crippen LogP contribution < -0.4 is 14.8 Å². The molecule has 0 saturated carbocycles. The molecule has 106 valence electrons. The topological polar surface area (TPSA) is 33.7 Å². The normalized spacial score (nSPS) is 14.9. The third-order valence-electron chi connectivity index (χ3n) is 3.11. The maximum absolute atomic E-state index is 5.43. The molecule has 19 heavy (non-hydrogen) atoms. The molecule has 2 rings (SSSR count). The molecule has 0 amide bonds. The molecule has 1 unspecified atom stereocenters. The van der Waals surface area contributed by atoms with Crippen molar-refractivity contribution in [3.05, 3.63) is 23.8 Å². The summed E-state index contributed by atoms with van der Waals surface area (Å²) in [7, 11) is 6.21. The van der Waals surface area contributed by atoms with Crippen LogP contribution in [0, 0.1) is 0 Å². The zero-order valence-electron chi connectivity index (χ0n) is 11.8. The number of nitrogens with zero attached hydrogens (tertiary/aromatic N) is 1. The van der Waals surface area contributed by atoms with Crippen LogP contribution in [0.4, 0.5) is 0 Å². The van der Waals surface area contributed by atoms with Crippen LogP contribution in [0.1, 0.15) is 11.6 Å². The summed E-state index contributed by atoms with van der Waals surface area (Å²) < 4.78 is 10.8. The van der Waals surface area contributed by atoms with E-state index in [1.807, 2.05) is 24.9 Å². The van der Waals surface area contributed by atoms with Crippen molar-refractivity contribution in [2.24, 2.45) is 0 Å². The van der Waals surface area contributed by atoms with Gasteiger partial charge in [0.15, 0.2) is 11.5 Å². The van der Waals surface area contributed by atoms with E-state index in [0.717, 1.165) is 29.5 Å². The van der Waals surface area contributed by atoms with E-state index in [9.17, 15) is 0 Å². The maximum Gasteiger partial charge on any atom is 0.231 e. The van der Waals surface area contributed by atoms with Gasteiger partial charge < -0.3 is 19.7 Å². The van der Waals surface area contributed by atoms with Crippen molar-refractivity contribution in [1.29, 1.82) is 0 Å². The molecule has 0 radical (unpaired) electrons. The first-order valence-electron chi connectivity index (χ1n) is 6.50. The minimum absolute atomic E-state index is 0.334. The number of rotatable bonds is 7. The van der Waals surface area contributed by atoms with Crippen molar-refractivity contribution in [3.63, 3.8) is 0 Å². The lowest BCUT2D eigenvalue weighted by molar-refractivity contribution is 0.174. The summed E-state index contributed by atoms with van der Waals surface area (Å²) in [5.74, 6) is 3.91. The van der Waals surface area contributed by atoms with Gasteiger partial charge in [-0.15, -0.1) is 0 Å². The molecule has 1 atom stereocenters. The Bertz CT molecular complexity index is 412. The van der Waals surface area contributed by atoms with Gasteiger partial charge in [-0.25, -0.2) is 0 Å². The Labute approximate surface area is 119 Å². The highest BCUT2D eigenvalue weighted by atomic mass is 32.2. The number of hydrogen-bond donors (Lipinski definition) is 1. The zero-order valence-corrected chi connectivity index (χ0v) is 12.6. The zero-order chi connectivity index (χ0) is 13.7. The van der Waals surface area contributed by atoms with Crippen LogP contribution >= 0.6 is 11.8 Å². The minimum atomic E-state index is 0.334. The van der Waals surface area contributed by atoms with Gasteiger partial charge in [-0.05, 0) is 38.8 Å². The molecule has 1 aromatic rings. The lowest BCUT2D eigenvalue weighted by Crippen LogP contribution is -2.20. The summed E-state index contributed by atoms with van der Waals surface area (Å²) in [6, 6.07) is 6.53. The van der Waals surface area contributed by atoms with E-state index in [1.165, 1.54) is 5.56 Å². The van der Waals surface area contributed by atoms with Gasteiger partial charge in [0.25, 0.3) is 0 Å². The van der Waals surface area contributed by atoms with E-state index in [2.05, 4.69) is 36.4 Å². The van der Waals surface area contributed by atoms with Crippen molar-refractivity contribution in [2.75, 3.05) is 46.0 Å². The van der Waals surface area contributed by atoms with E-state index in [-0.39, 0.29) is 0 Å². The molecule has 1 aromatic carbocycles. The van der Waals surface area contributed by atoms with Crippen LogP contribution in [0.3, 0.4) is 0 Å². The number of hydrogen-bond acceptors (Lipinski definition) is 5. The van der Waals surface area contributed by atoms with E-state index < -0.39 is 0 Å². The van der Waals surface area contributed by atoms with Crippen LogP contribution in [0.2, 0.25) is 0 Å². The summed E-state index contributed by atoms with van der Waals surface area (Å²) in [6.45, 7) is 1.45. The Morgan fingerprint density at radius 3 is 2.84 bits per heavy atom. The maximum atomic E-state index is 5.43. The molecule has 0 aliphatic carbocycles. The van der Waals surface area contributed by atoms with E-state index in [4.69, 9.17) is 9.47 Å². The molecule has 4 nitrogen and oxygen atoms in total. The molecular weight excluding hydrogens is 260 g/mol. The summed E-state index contributed by atoms with van der Waals surface area (Å²) in [6.07, 6.45) is 0. The minimum Gasteiger partial charge on any atom is -0.454 e. The molecule has 1 aliphatic rings. The lowest BCUT2D eigenvalue weighted by Gasteiger charge is -2.17. The molecule has 0 bridgehead atoms. The fourth-order valence-corrected chi connectivity index (χ4v) is 3.18. The first-order valence-corrected chi connectivity index (χ1v) is 7.65. The number of benzene rings is 1. The molecule has 1 N–H and O–H groups in total. The summed E-state index contributed by atoms with van der Waals surface area (Å²) in [4.78, 5) is 2.21. The van der Waals surface area contributed by atoms with Gasteiger partial charge in [-0.3, -0.25) is 0 Å². The Kier molecular flexibility index (Phi) is 5.36. The molecular formula is C14H22N2O2S. The van der Waals surface area contributed by atoms with Gasteiger partial charge in [0.2, 0.25) is 6.79 Å². The number of thioether (sulfide) groups is 1. The Morgan fingerprint density at radius 1 is 1.32 bits per heavy atom. The van der Waals surface area contributed by atoms with E-state index in [1.54, 1.807) is 0 Å². The van der Waals surface area contributed by atoms with Crippen molar-refractivity contribution in [1.82, 2.24) is 10.2 Å². The van der Waals surface area contributed by atoms with Gasteiger partial charge in [-0.1, -0.05) is 6.07 Å².